The van der Waals surface area contributed by atoms with E-state index in [2.05, 4.69) is 4.90 Å². The highest BCUT2D eigenvalue weighted by molar-refractivity contribution is 5.91. The molecule has 0 N–H and O–H groups in total. The van der Waals surface area contributed by atoms with Gasteiger partial charge in [0.15, 0.2) is 11.6 Å². The first-order valence-corrected chi connectivity index (χ1v) is 9.89. The number of carbonyl (C=O) groups excluding carboxylic acids is 1. The highest BCUT2D eigenvalue weighted by Gasteiger charge is 2.19. The van der Waals surface area contributed by atoms with Gasteiger partial charge in [0.25, 0.3) is 0 Å². The maximum absolute atomic E-state index is 13.7. The fourth-order valence-electron chi connectivity index (χ4n) is 3.22. The summed E-state index contributed by atoms with van der Waals surface area (Å²) in [5.41, 5.74) is 0.621. The summed E-state index contributed by atoms with van der Waals surface area (Å²) in [4.78, 5) is 16.5. The Morgan fingerprint density at radius 2 is 1.70 bits per heavy atom. The first-order chi connectivity index (χ1) is 14.6. The molecule has 0 saturated carbocycles. The molecule has 0 radical (unpaired) electrons. The number of nitrogens with zero attached hydrogens (tertiary/aromatic N) is 2. The highest BCUT2D eigenvalue weighted by atomic mass is 19.1. The molecule has 2 aromatic carbocycles. The van der Waals surface area contributed by atoms with Gasteiger partial charge in [0.2, 0.25) is 5.91 Å². The minimum absolute atomic E-state index is 0.0691. The number of hydrogen-bond donors (Lipinski definition) is 0. The Kier molecular flexibility index (Phi) is 7.68. The van der Waals surface area contributed by atoms with Crippen molar-refractivity contribution in [3.8, 4) is 17.2 Å². The Morgan fingerprint density at radius 1 is 1.00 bits per heavy atom. The molecule has 1 amide bonds. The number of carbonyl (C=O) groups is 1. The van der Waals surface area contributed by atoms with Crippen LogP contribution in [0.2, 0.25) is 0 Å². The summed E-state index contributed by atoms with van der Waals surface area (Å²) in [6.07, 6.45) is 3.11. The molecule has 0 unspecified atom stereocenters. The Hall–Kier alpha value is -3.06. The number of benzene rings is 2. The molecule has 1 fully saturated rings. The fourth-order valence-corrected chi connectivity index (χ4v) is 3.22. The molecule has 3 rings (SSSR count). The standard InChI is InChI=1S/C23H27FN2O4/c1-28-19-5-7-20(8-6-19)30-16-15-25-11-13-26(14-12-25)23(27)10-4-18-3-9-22(29-2)21(24)17-18/h3-10,17H,11-16H2,1-2H3/b10-4+. The van der Waals surface area contributed by atoms with E-state index in [0.717, 1.165) is 31.1 Å². The van der Waals surface area contributed by atoms with Gasteiger partial charge in [0.1, 0.15) is 18.1 Å². The van der Waals surface area contributed by atoms with Crippen LogP contribution < -0.4 is 14.2 Å². The number of piperazine rings is 1. The SMILES string of the molecule is COc1ccc(OCCN2CCN(C(=O)/C=C/c3ccc(OC)c(F)c3)CC2)cc1. The average Bonchev–Trinajstić information content (AvgIpc) is 2.78. The predicted octanol–water partition coefficient (Wildman–Crippen LogP) is 3.08. The Morgan fingerprint density at radius 3 is 2.33 bits per heavy atom. The summed E-state index contributed by atoms with van der Waals surface area (Å²) < 4.78 is 29.5. The third-order valence-electron chi connectivity index (χ3n) is 5.01. The second-order valence-corrected chi connectivity index (χ2v) is 6.92. The topological polar surface area (TPSA) is 51.2 Å². The number of methoxy groups -OCH3 is 2. The highest BCUT2D eigenvalue weighted by Crippen LogP contribution is 2.19. The summed E-state index contributed by atoms with van der Waals surface area (Å²) in [6.45, 7) is 4.29. The summed E-state index contributed by atoms with van der Waals surface area (Å²) >= 11 is 0. The van der Waals surface area contributed by atoms with Crippen molar-refractivity contribution in [1.82, 2.24) is 9.80 Å². The summed E-state index contributed by atoms with van der Waals surface area (Å²) in [6, 6.07) is 12.1. The van der Waals surface area contributed by atoms with E-state index in [1.807, 2.05) is 24.3 Å². The molecule has 2 aromatic rings. The minimum Gasteiger partial charge on any atom is -0.497 e. The van der Waals surface area contributed by atoms with Gasteiger partial charge in [-0.25, -0.2) is 4.39 Å². The van der Waals surface area contributed by atoms with E-state index in [0.29, 0.717) is 25.3 Å². The van der Waals surface area contributed by atoms with Crippen LogP contribution in [-0.2, 0) is 4.79 Å². The van der Waals surface area contributed by atoms with Crippen molar-refractivity contribution in [3.05, 3.63) is 59.9 Å². The van der Waals surface area contributed by atoms with Gasteiger partial charge in [0, 0.05) is 38.8 Å². The molecule has 1 saturated heterocycles. The third kappa shape index (κ3) is 5.97. The zero-order valence-electron chi connectivity index (χ0n) is 17.3. The molecule has 1 heterocycles. The Balaban J connectivity index is 1.40. The molecule has 0 aromatic heterocycles. The number of halogens is 1. The lowest BCUT2D eigenvalue weighted by atomic mass is 10.2. The van der Waals surface area contributed by atoms with Crippen LogP contribution in [-0.4, -0.2) is 69.3 Å². The molecule has 30 heavy (non-hydrogen) atoms. The quantitative estimate of drug-likeness (QED) is 0.622. The maximum Gasteiger partial charge on any atom is 0.246 e. The van der Waals surface area contributed by atoms with Crippen LogP contribution in [0.5, 0.6) is 17.2 Å². The summed E-state index contributed by atoms with van der Waals surface area (Å²) in [5, 5.41) is 0. The van der Waals surface area contributed by atoms with Crippen LogP contribution in [0, 0.1) is 5.82 Å². The van der Waals surface area contributed by atoms with Gasteiger partial charge in [-0.1, -0.05) is 6.07 Å². The zero-order valence-corrected chi connectivity index (χ0v) is 17.3. The summed E-state index contributed by atoms with van der Waals surface area (Å²) in [7, 11) is 3.05. The maximum atomic E-state index is 13.7. The largest absolute Gasteiger partial charge is 0.497 e. The van der Waals surface area contributed by atoms with E-state index in [-0.39, 0.29) is 11.7 Å². The van der Waals surface area contributed by atoms with E-state index < -0.39 is 5.82 Å². The fraction of sp³-hybridized carbons (Fsp3) is 0.348. The molecular formula is C23H27FN2O4. The molecule has 0 bridgehead atoms. The van der Waals surface area contributed by atoms with Crippen molar-refractivity contribution in [2.24, 2.45) is 0 Å². The number of hydrogen-bond acceptors (Lipinski definition) is 5. The van der Waals surface area contributed by atoms with E-state index in [4.69, 9.17) is 14.2 Å². The number of rotatable bonds is 8. The lowest BCUT2D eigenvalue weighted by Crippen LogP contribution is -2.49. The van der Waals surface area contributed by atoms with E-state index >= 15 is 0 Å². The first-order valence-electron chi connectivity index (χ1n) is 9.89. The number of amides is 1. The van der Waals surface area contributed by atoms with Crippen LogP contribution >= 0.6 is 0 Å². The van der Waals surface area contributed by atoms with Crippen LogP contribution in [0.1, 0.15) is 5.56 Å². The van der Waals surface area contributed by atoms with Gasteiger partial charge >= 0.3 is 0 Å². The molecule has 1 aliphatic heterocycles. The molecule has 1 aliphatic rings. The van der Waals surface area contributed by atoms with Gasteiger partial charge in [-0.2, -0.15) is 0 Å². The molecule has 0 atom stereocenters. The normalized spacial score (nSPS) is 14.7. The van der Waals surface area contributed by atoms with Gasteiger partial charge in [-0.15, -0.1) is 0 Å². The van der Waals surface area contributed by atoms with Crippen molar-refractivity contribution in [2.75, 3.05) is 53.6 Å². The minimum atomic E-state index is -0.447. The molecule has 7 heteroatoms. The Bertz CT molecular complexity index is 862. The summed E-state index contributed by atoms with van der Waals surface area (Å²) in [5.74, 6) is 1.28. The smallest absolute Gasteiger partial charge is 0.246 e. The third-order valence-corrected chi connectivity index (χ3v) is 5.01. The molecule has 160 valence electrons. The van der Waals surface area contributed by atoms with Crippen molar-refractivity contribution >= 4 is 12.0 Å². The van der Waals surface area contributed by atoms with Gasteiger partial charge in [0.05, 0.1) is 14.2 Å². The van der Waals surface area contributed by atoms with E-state index in [1.54, 1.807) is 30.2 Å². The van der Waals surface area contributed by atoms with E-state index in [1.165, 1.54) is 19.3 Å². The van der Waals surface area contributed by atoms with Gasteiger partial charge < -0.3 is 19.1 Å². The molecule has 6 nitrogen and oxygen atoms in total. The van der Waals surface area contributed by atoms with Crippen molar-refractivity contribution in [3.63, 3.8) is 0 Å². The van der Waals surface area contributed by atoms with Crippen molar-refractivity contribution < 1.29 is 23.4 Å². The van der Waals surface area contributed by atoms with Crippen molar-refractivity contribution in [2.45, 2.75) is 0 Å². The second-order valence-electron chi connectivity index (χ2n) is 6.92. The average molecular weight is 414 g/mol. The predicted molar refractivity (Wildman–Crippen MR) is 113 cm³/mol. The van der Waals surface area contributed by atoms with Gasteiger partial charge in [-0.05, 0) is 48.0 Å². The van der Waals surface area contributed by atoms with Crippen LogP contribution in [0.15, 0.2) is 48.5 Å². The Labute approximate surface area is 176 Å². The lowest BCUT2D eigenvalue weighted by Gasteiger charge is -2.34. The van der Waals surface area contributed by atoms with Crippen LogP contribution in [0.3, 0.4) is 0 Å². The first kappa shape index (κ1) is 21.6. The lowest BCUT2D eigenvalue weighted by molar-refractivity contribution is -0.127. The molecular weight excluding hydrogens is 387 g/mol. The molecule has 0 aliphatic carbocycles. The van der Waals surface area contributed by atoms with E-state index in [9.17, 15) is 9.18 Å². The van der Waals surface area contributed by atoms with Gasteiger partial charge in [-0.3, -0.25) is 9.69 Å². The second kappa shape index (κ2) is 10.6. The number of ether oxygens (including phenoxy) is 3. The van der Waals surface area contributed by atoms with Crippen LogP contribution in [0.25, 0.3) is 6.08 Å². The van der Waals surface area contributed by atoms with Crippen LogP contribution in [0.4, 0.5) is 4.39 Å². The molecule has 0 spiro atoms. The monoisotopic (exact) mass is 414 g/mol. The zero-order chi connectivity index (χ0) is 21.3. The van der Waals surface area contributed by atoms with Crippen molar-refractivity contribution in [1.29, 1.82) is 0 Å².